The van der Waals surface area contributed by atoms with Gasteiger partial charge in [-0.15, -0.1) is 0 Å². The summed E-state index contributed by atoms with van der Waals surface area (Å²) in [5, 5.41) is 0. The Labute approximate surface area is 97.9 Å². The number of alkyl halides is 3. The predicted molar refractivity (Wildman–Crippen MR) is 60.7 cm³/mol. The van der Waals surface area contributed by atoms with Gasteiger partial charge >= 0.3 is 6.18 Å². The average molecular weight is 245 g/mol. The summed E-state index contributed by atoms with van der Waals surface area (Å²) < 4.78 is 42.7. The molecule has 0 amide bonds. The zero-order valence-electron chi connectivity index (χ0n) is 9.42. The molecule has 1 aromatic carbocycles. The lowest BCUT2D eigenvalue weighted by Gasteiger charge is -2.12. The maximum Gasteiger partial charge on any atom is 0.419 e. The van der Waals surface area contributed by atoms with Crippen molar-refractivity contribution in [3.8, 4) is 5.75 Å². The highest BCUT2D eigenvalue weighted by atomic mass is 19.4. The van der Waals surface area contributed by atoms with Gasteiger partial charge in [0.05, 0.1) is 12.7 Å². The lowest BCUT2D eigenvalue weighted by atomic mass is 10.1. The molecule has 1 aromatic rings. The third kappa shape index (κ3) is 3.78. The van der Waals surface area contributed by atoms with Crippen LogP contribution in [0.5, 0.6) is 5.75 Å². The zero-order chi connectivity index (χ0) is 12.9. The Morgan fingerprint density at radius 3 is 2.59 bits per heavy atom. The molecule has 0 atom stereocenters. The van der Waals surface area contributed by atoms with Crippen LogP contribution < -0.4 is 10.5 Å². The van der Waals surface area contributed by atoms with Crippen molar-refractivity contribution in [2.24, 2.45) is 5.73 Å². The summed E-state index contributed by atoms with van der Waals surface area (Å²) in [6.07, 6.45) is -0.431. The molecule has 0 saturated carbocycles. The topological polar surface area (TPSA) is 35.2 Å². The fourth-order valence-electron chi connectivity index (χ4n) is 1.37. The first kappa shape index (κ1) is 13.6. The van der Waals surface area contributed by atoms with E-state index in [0.717, 1.165) is 6.07 Å². The lowest BCUT2D eigenvalue weighted by Crippen LogP contribution is -2.07. The molecule has 0 aliphatic carbocycles. The maximum atomic E-state index is 12.7. The monoisotopic (exact) mass is 245 g/mol. The van der Waals surface area contributed by atoms with Crippen LogP contribution in [0.2, 0.25) is 0 Å². The van der Waals surface area contributed by atoms with E-state index in [2.05, 4.69) is 4.74 Å². The standard InChI is InChI=1S/C12H14F3NO/c1-17-11-6-5-9(4-2-3-7-16)8-10(11)12(13,14)15/h2,4-6,8H,3,7,16H2,1H3. The quantitative estimate of drug-likeness (QED) is 0.884. The van der Waals surface area contributed by atoms with Crippen LogP contribution in [0, 0.1) is 0 Å². The number of ether oxygens (including phenoxy) is 1. The molecule has 2 N–H and O–H groups in total. The third-order valence-electron chi connectivity index (χ3n) is 2.17. The molecule has 17 heavy (non-hydrogen) atoms. The van der Waals surface area contributed by atoms with Crippen LogP contribution >= 0.6 is 0 Å². The molecular weight excluding hydrogens is 231 g/mol. The summed E-state index contributed by atoms with van der Waals surface area (Å²) in [5.74, 6) is -0.173. The largest absolute Gasteiger partial charge is 0.496 e. The second-order valence-corrected chi connectivity index (χ2v) is 3.44. The van der Waals surface area contributed by atoms with E-state index in [1.165, 1.54) is 13.2 Å². The Bertz CT molecular complexity index is 399. The van der Waals surface area contributed by atoms with Crippen LogP contribution in [0.4, 0.5) is 13.2 Å². The molecule has 2 nitrogen and oxygen atoms in total. The molecule has 0 aliphatic rings. The molecule has 0 unspecified atom stereocenters. The van der Waals surface area contributed by atoms with Crippen LogP contribution in [0.15, 0.2) is 24.3 Å². The van der Waals surface area contributed by atoms with Gasteiger partial charge in [-0.05, 0) is 30.7 Å². The summed E-state index contributed by atoms with van der Waals surface area (Å²) in [7, 11) is 1.22. The highest BCUT2D eigenvalue weighted by Crippen LogP contribution is 2.36. The van der Waals surface area contributed by atoms with Gasteiger partial charge < -0.3 is 10.5 Å². The highest BCUT2D eigenvalue weighted by Gasteiger charge is 2.34. The molecule has 0 spiro atoms. The van der Waals surface area contributed by atoms with E-state index in [-0.39, 0.29) is 5.75 Å². The van der Waals surface area contributed by atoms with E-state index in [0.29, 0.717) is 18.5 Å². The number of hydrogen-bond acceptors (Lipinski definition) is 2. The van der Waals surface area contributed by atoms with E-state index in [1.807, 2.05) is 0 Å². The fourth-order valence-corrected chi connectivity index (χ4v) is 1.37. The number of methoxy groups -OCH3 is 1. The van der Waals surface area contributed by atoms with Gasteiger partial charge in [-0.25, -0.2) is 0 Å². The number of benzene rings is 1. The van der Waals surface area contributed by atoms with Crippen LogP contribution in [-0.4, -0.2) is 13.7 Å². The summed E-state index contributed by atoms with van der Waals surface area (Å²) >= 11 is 0. The highest BCUT2D eigenvalue weighted by molar-refractivity contribution is 5.54. The average Bonchev–Trinajstić information content (AvgIpc) is 2.28. The number of hydrogen-bond donors (Lipinski definition) is 1. The first-order valence-electron chi connectivity index (χ1n) is 5.11. The summed E-state index contributed by atoms with van der Waals surface area (Å²) in [6.45, 7) is 0.471. The second-order valence-electron chi connectivity index (χ2n) is 3.44. The minimum atomic E-state index is -4.41. The lowest BCUT2D eigenvalue weighted by molar-refractivity contribution is -0.138. The molecule has 0 fully saturated rings. The molecule has 0 aromatic heterocycles. The molecule has 0 heterocycles. The van der Waals surface area contributed by atoms with E-state index < -0.39 is 11.7 Å². The fraction of sp³-hybridized carbons (Fsp3) is 0.333. The summed E-state index contributed by atoms with van der Waals surface area (Å²) in [4.78, 5) is 0. The van der Waals surface area contributed by atoms with Crippen molar-refractivity contribution in [2.75, 3.05) is 13.7 Å². The number of nitrogens with two attached hydrogens (primary N) is 1. The molecule has 0 saturated heterocycles. The van der Waals surface area contributed by atoms with Crippen LogP contribution in [-0.2, 0) is 6.18 Å². The zero-order valence-corrected chi connectivity index (χ0v) is 9.42. The molecule has 0 bridgehead atoms. The molecule has 1 rings (SSSR count). The van der Waals surface area contributed by atoms with Gasteiger partial charge in [0.1, 0.15) is 5.75 Å². The first-order chi connectivity index (χ1) is 7.99. The molecule has 0 radical (unpaired) electrons. The second kappa shape index (κ2) is 5.72. The summed E-state index contributed by atoms with van der Waals surface area (Å²) in [6, 6.07) is 3.94. The molecule has 94 valence electrons. The smallest absolute Gasteiger partial charge is 0.419 e. The van der Waals surface area contributed by atoms with Crippen LogP contribution in [0.25, 0.3) is 6.08 Å². The summed E-state index contributed by atoms with van der Waals surface area (Å²) in [5.41, 5.74) is 5.00. The SMILES string of the molecule is COc1ccc(C=CCCN)cc1C(F)(F)F. The van der Waals surface area contributed by atoms with Crippen molar-refractivity contribution in [3.63, 3.8) is 0 Å². The van der Waals surface area contributed by atoms with Crippen molar-refractivity contribution in [3.05, 3.63) is 35.4 Å². The van der Waals surface area contributed by atoms with Gasteiger partial charge in [-0.3, -0.25) is 0 Å². The predicted octanol–water partition coefficient (Wildman–Crippen LogP) is 3.08. The van der Waals surface area contributed by atoms with E-state index in [9.17, 15) is 13.2 Å². The Morgan fingerprint density at radius 2 is 2.06 bits per heavy atom. The van der Waals surface area contributed by atoms with Crippen molar-refractivity contribution in [1.29, 1.82) is 0 Å². The van der Waals surface area contributed by atoms with Gasteiger partial charge in [0, 0.05) is 0 Å². The van der Waals surface area contributed by atoms with Gasteiger partial charge in [0.15, 0.2) is 0 Å². The molecule has 0 aliphatic heterocycles. The minimum absolute atomic E-state index is 0.173. The molecule has 5 heteroatoms. The van der Waals surface area contributed by atoms with Gasteiger partial charge in [-0.2, -0.15) is 13.2 Å². The van der Waals surface area contributed by atoms with Crippen LogP contribution in [0.3, 0.4) is 0 Å². The third-order valence-corrected chi connectivity index (χ3v) is 2.17. The van der Waals surface area contributed by atoms with E-state index >= 15 is 0 Å². The van der Waals surface area contributed by atoms with Gasteiger partial charge in [0.25, 0.3) is 0 Å². The number of rotatable bonds is 4. The Hall–Kier alpha value is -1.49. The maximum absolute atomic E-state index is 12.7. The van der Waals surface area contributed by atoms with Crippen molar-refractivity contribution in [1.82, 2.24) is 0 Å². The van der Waals surface area contributed by atoms with Gasteiger partial charge in [-0.1, -0.05) is 18.2 Å². The van der Waals surface area contributed by atoms with Crippen molar-refractivity contribution >= 4 is 6.08 Å². The van der Waals surface area contributed by atoms with Gasteiger partial charge in [0.2, 0.25) is 0 Å². The number of halogens is 3. The van der Waals surface area contributed by atoms with Crippen LogP contribution in [0.1, 0.15) is 17.5 Å². The van der Waals surface area contributed by atoms with Crippen molar-refractivity contribution in [2.45, 2.75) is 12.6 Å². The normalized spacial score (nSPS) is 12.1. The first-order valence-corrected chi connectivity index (χ1v) is 5.11. The van der Waals surface area contributed by atoms with Crippen molar-refractivity contribution < 1.29 is 17.9 Å². The molecular formula is C12H14F3NO. The van der Waals surface area contributed by atoms with E-state index in [4.69, 9.17) is 5.73 Å². The Balaban J connectivity index is 3.05. The van der Waals surface area contributed by atoms with E-state index in [1.54, 1.807) is 18.2 Å². The Morgan fingerprint density at radius 1 is 1.35 bits per heavy atom. The minimum Gasteiger partial charge on any atom is -0.496 e. The Kier molecular flexibility index (Phi) is 4.57.